The number of hydrogen-bond donors (Lipinski definition) is 0. The van der Waals surface area contributed by atoms with Crippen molar-refractivity contribution in [2.75, 3.05) is 0 Å². The van der Waals surface area contributed by atoms with E-state index < -0.39 is 0 Å². The Balaban J connectivity index is 2.09. The van der Waals surface area contributed by atoms with Gasteiger partial charge in [-0.1, -0.05) is 79.9 Å². The first-order valence-corrected chi connectivity index (χ1v) is 8.29. The number of aryl methyl sites for hydroxylation is 1. The van der Waals surface area contributed by atoms with E-state index in [0.717, 1.165) is 0 Å². The highest BCUT2D eigenvalue weighted by molar-refractivity contribution is 9.10. The van der Waals surface area contributed by atoms with Crippen LogP contribution < -0.4 is 0 Å². The third-order valence-corrected chi connectivity index (χ3v) is 4.54. The van der Waals surface area contributed by atoms with E-state index in [9.17, 15) is 0 Å². The van der Waals surface area contributed by atoms with Crippen LogP contribution in [0.1, 0.15) is 69.4 Å². The molecule has 0 bridgehead atoms. The molecule has 0 aliphatic carbocycles. The average Bonchev–Trinajstić information content (AvgIpc) is 2.37. The summed E-state index contributed by atoms with van der Waals surface area (Å²) < 4.78 is 1.25. The van der Waals surface area contributed by atoms with E-state index >= 15 is 0 Å². The van der Waals surface area contributed by atoms with E-state index in [1.807, 2.05) is 0 Å². The van der Waals surface area contributed by atoms with Crippen molar-refractivity contribution in [3.05, 3.63) is 33.8 Å². The maximum atomic E-state index is 3.60. The molecule has 0 nitrogen and oxygen atoms in total. The zero-order valence-electron chi connectivity index (χ0n) is 12.0. The molecule has 18 heavy (non-hydrogen) atoms. The lowest BCUT2D eigenvalue weighted by Crippen LogP contribution is -1.91. The molecule has 1 aromatic rings. The van der Waals surface area contributed by atoms with Crippen molar-refractivity contribution >= 4 is 15.9 Å². The third kappa shape index (κ3) is 6.04. The van der Waals surface area contributed by atoms with Gasteiger partial charge in [0.1, 0.15) is 0 Å². The van der Waals surface area contributed by atoms with E-state index in [4.69, 9.17) is 0 Å². The van der Waals surface area contributed by atoms with Gasteiger partial charge in [-0.3, -0.25) is 0 Å². The zero-order chi connectivity index (χ0) is 13.2. The summed E-state index contributed by atoms with van der Waals surface area (Å²) in [6, 6.07) is 6.55. The van der Waals surface area contributed by atoms with Gasteiger partial charge >= 0.3 is 0 Å². The van der Waals surface area contributed by atoms with Gasteiger partial charge in [0.15, 0.2) is 0 Å². The third-order valence-electron chi connectivity index (χ3n) is 3.68. The first-order valence-electron chi connectivity index (χ1n) is 7.49. The fourth-order valence-corrected chi connectivity index (χ4v) is 2.78. The molecule has 0 heterocycles. The Labute approximate surface area is 121 Å². The maximum absolute atomic E-state index is 3.60. The molecule has 102 valence electrons. The fourth-order valence-electron chi connectivity index (χ4n) is 2.37. The van der Waals surface area contributed by atoms with Crippen molar-refractivity contribution in [1.82, 2.24) is 0 Å². The molecular weight excluding hydrogens is 284 g/mol. The van der Waals surface area contributed by atoms with Crippen LogP contribution in [-0.2, 0) is 6.42 Å². The van der Waals surface area contributed by atoms with Crippen LogP contribution in [-0.4, -0.2) is 0 Å². The van der Waals surface area contributed by atoms with Crippen LogP contribution in [0.25, 0.3) is 0 Å². The number of hydrogen-bond acceptors (Lipinski definition) is 0. The minimum absolute atomic E-state index is 1.24. The van der Waals surface area contributed by atoms with Gasteiger partial charge in [-0.15, -0.1) is 0 Å². The van der Waals surface area contributed by atoms with Gasteiger partial charge in [-0.05, 0) is 37.0 Å². The Kier molecular flexibility index (Phi) is 8.41. The largest absolute Gasteiger partial charge is 0.0654 e. The smallest absolute Gasteiger partial charge is 0.0207 e. The second-order valence-electron chi connectivity index (χ2n) is 5.25. The van der Waals surface area contributed by atoms with Crippen LogP contribution in [0.4, 0.5) is 0 Å². The fraction of sp³-hybridized carbons (Fsp3) is 0.647. The van der Waals surface area contributed by atoms with Crippen LogP contribution in [0.3, 0.4) is 0 Å². The monoisotopic (exact) mass is 310 g/mol. The van der Waals surface area contributed by atoms with Crippen molar-refractivity contribution in [2.24, 2.45) is 0 Å². The van der Waals surface area contributed by atoms with Gasteiger partial charge < -0.3 is 0 Å². The number of halogens is 1. The molecule has 0 aromatic heterocycles. The van der Waals surface area contributed by atoms with Gasteiger partial charge in [0, 0.05) is 4.47 Å². The SMILES string of the molecule is CCCCCCCCCCc1cccc(Br)c1C. The van der Waals surface area contributed by atoms with Crippen molar-refractivity contribution in [2.45, 2.75) is 71.6 Å². The summed E-state index contributed by atoms with van der Waals surface area (Å²) in [5.41, 5.74) is 2.93. The molecule has 1 rings (SSSR count). The molecule has 0 radical (unpaired) electrons. The minimum Gasteiger partial charge on any atom is -0.0654 e. The molecule has 0 unspecified atom stereocenters. The normalized spacial score (nSPS) is 10.8. The highest BCUT2D eigenvalue weighted by Crippen LogP contribution is 2.21. The molecule has 0 saturated heterocycles. The molecule has 0 atom stereocenters. The lowest BCUT2D eigenvalue weighted by Gasteiger charge is -2.07. The zero-order valence-corrected chi connectivity index (χ0v) is 13.6. The summed E-state index contributed by atoms with van der Waals surface area (Å²) in [4.78, 5) is 0. The standard InChI is InChI=1S/C17H27Br/c1-3-4-5-6-7-8-9-10-12-16-13-11-14-17(18)15(16)2/h11,13-14H,3-10,12H2,1-2H3. The van der Waals surface area contributed by atoms with Crippen LogP contribution in [0.5, 0.6) is 0 Å². The highest BCUT2D eigenvalue weighted by Gasteiger charge is 2.01. The van der Waals surface area contributed by atoms with Gasteiger partial charge in [-0.2, -0.15) is 0 Å². The van der Waals surface area contributed by atoms with Crippen LogP contribution >= 0.6 is 15.9 Å². The molecule has 0 aliphatic heterocycles. The second-order valence-corrected chi connectivity index (χ2v) is 6.10. The number of unbranched alkanes of at least 4 members (excludes halogenated alkanes) is 7. The molecule has 0 amide bonds. The molecule has 1 heteroatoms. The Morgan fingerprint density at radius 2 is 1.50 bits per heavy atom. The summed E-state index contributed by atoms with van der Waals surface area (Å²) in [7, 11) is 0. The van der Waals surface area contributed by atoms with Gasteiger partial charge in [0.25, 0.3) is 0 Å². The van der Waals surface area contributed by atoms with E-state index in [1.165, 1.54) is 73.4 Å². The first-order chi connectivity index (χ1) is 8.75. The van der Waals surface area contributed by atoms with Crippen molar-refractivity contribution < 1.29 is 0 Å². The van der Waals surface area contributed by atoms with E-state index in [0.29, 0.717) is 0 Å². The summed E-state index contributed by atoms with van der Waals surface area (Å²) in [5.74, 6) is 0. The average molecular weight is 311 g/mol. The predicted molar refractivity (Wildman–Crippen MR) is 85.2 cm³/mol. The van der Waals surface area contributed by atoms with Crippen molar-refractivity contribution in [1.29, 1.82) is 0 Å². The van der Waals surface area contributed by atoms with Crippen molar-refractivity contribution in [3.8, 4) is 0 Å². The minimum atomic E-state index is 1.24. The molecule has 1 aromatic carbocycles. The van der Waals surface area contributed by atoms with Crippen LogP contribution in [0, 0.1) is 6.92 Å². The molecular formula is C17H27Br. The summed E-state index contributed by atoms with van der Waals surface area (Å²) in [6.45, 7) is 4.49. The molecule has 0 spiro atoms. The maximum Gasteiger partial charge on any atom is 0.0207 e. The Morgan fingerprint density at radius 1 is 0.889 bits per heavy atom. The summed E-state index contributed by atoms with van der Waals surface area (Å²) >= 11 is 3.60. The van der Waals surface area contributed by atoms with E-state index in [-0.39, 0.29) is 0 Å². The van der Waals surface area contributed by atoms with Crippen LogP contribution in [0.2, 0.25) is 0 Å². The Morgan fingerprint density at radius 3 is 2.17 bits per heavy atom. The van der Waals surface area contributed by atoms with E-state index in [1.54, 1.807) is 0 Å². The van der Waals surface area contributed by atoms with Gasteiger partial charge in [0.05, 0.1) is 0 Å². The van der Waals surface area contributed by atoms with Gasteiger partial charge in [-0.25, -0.2) is 0 Å². The topological polar surface area (TPSA) is 0 Å². The summed E-state index contributed by atoms with van der Waals surface area (Å²) in [6.07, 6.45) is 12.4. The molecule has 0 N–H and O–H groups in total. The quantitative estimate of drug-likeness (QED) is 0.460. The van der Waals surface area contributed by atoms with E-state index in [2.05, 4.69) is 48.0 Å². The van der Waals surface area contributed by atoms with Crippen LogP contribution in [0.15, 0.2) is 22.7 Å². The Bertz CT molecular complexity index is 330. The number of rotatable bonds is 9. The number of benzene rings is 1. The highest BCUT2D eigenvalue weighted by atomic mass is 79.9. The van der Waals surface area contributed by atoms with Gasteiger partial charge in [0.2, 0.25) is 0 Å². The molecule has 0 saturated carbocycles. The van der Waals surface area contributed by atoms with Crippen molar-refractivity contribution in [3.63, 3.8) is 0 Å². The lowest BCUT2D eigenvalue weighted by atomic mass is 10.0. The second kappa shape index (κ2) is 9.61. The predicted octanol–water partition coefficient (Wildman–Crippen LogP) is 6.44. The molecule has 0 fully saturated rings. The Hall–Kier alpha value is -0.300. The summed E-state index contributed by atoms with van der Waals surface area (Å²) in [5, 5.41) is 0. The lowest BCUT2D eigenvalue weighted by molar-refractivity contribution is 0.575. The first kappa shape index (κ1) is 15.8. The molecule has 0 aliphatic rings.